The second-order valence-corrected chi connectivity index (χ2v) is 10.7. The maximum atomic E-state index is 2.29. The molecule has 186 valence electrons. The van der Waals surface area contributed by atoms with Crippen LogP contribution in [0.15, 0.2) is 140 Å². The topological polar surface area (TPSA) is 0 Å². The van der Waals surface area contributed by atoms with Gasteiger partial charge in [0.1, 0.15) is 0 Å². The summed E-state index contributed by atoms with van der Waals surface area (Å²) < 4.78 is 0. The molecule has 0 saturated carbocycles. The van der Waals surface area contributed by atoms with Crippen LogP contribution >= 0.6 is 0 Å². The van der Waals surface area contributed by atoms with Crippen LogP contribution in [-0.4, -0.2) is 0 Å². The van der Waals surface area contributed by atoms with E-state index in [1.54, 1.807) is 0 Å². The second-order valence-electron chi connectivity index (χ2n) is 10.7. The Bertz CT molecular complexity index is 1890. The van der Waals surface area contributed by atoms with Crippen molar-refractivity contribution in [2.45, 2.75) is 19.8 Å². The Morgan fingerprint density at radius 3 is 1.36 bits per heavy atom. The molecule has 0 aliphatic rings. The Morgan fingerprint density at radius 1 is 0.359 bits per heavy atom. The van der Waals surface area contributed by atoms with E-state index >= 15 is 0 Å². The lowest BCUT2D eigenvalue weighted by molar-refractivity contribution is 0.867. The quantitative estimate of drug-likeness (QED) is 0.212. The number of hydrogen-bond acceptors (Lipinski definition) is 0. The lowest BCUT2D eigenvalue weighted by Crippen LogP contribution is -1.91. The zero-order valence-electron chi connectivity index (χ0n) is 22.4. The van der Waals surface area contributed by atoms with Gasteiger partial charge in [0.2, 0.25) is 0 Å². The summed E-state index contributed by atoms with van der Waals surface area (Å²) in [5, 5.41) is 7.70. The molecule has 0 nitrogen and oxygen atoms in total. The van der Waals surface area contributed by atoms with Crippen LogP contribution in [0.25, 0.3) is 65.7 Å². The van der Waals surface area contributed by atoms with Crippen LogP contribution in [0, 0.1) is 0 Å². The maximum absolute atomic E-state index is 2.29. The SMILES string of the molecule is CC(C)c1ccc(-c2ccc(-c3c4ccccc4c(-c4cccc5ccccc45)c4ccccc34)cc2)cc1. The monoisotopic (exact) mass is 498 g/mol. The molecule has 7 rings (SSSR count). The second kappa shape index (κ2) is 9.57. The average Bonchev–Trinajstić information content (AvgIpc) is 3.00. The fourth-order valence-electron chi connectivity index (χ4n) is 6.06. The standard InChI is InChI=1S/C39H30/c1-26(2)27-18-20-28(21-19-27)29-22-24-31(25-23-29)38-34-13-5-7-15-36(34)39(37-16-8-6-14-35(37)38)33-17-9-11-30-10-3-4-12-32(30)33/h3-26H,1-2H3. The molecular formula is C39H30. The van der Waals surface area contributed by atoms with Crippen LogP contribution in [0.3, 0.4) is 0 Å². The highest BCUT2D eigenvalue weighted by atomic mass is 14.2. The Hall–Kier alpha value is -4.68. The lowest BCUT2D eigenvalue weighted by Gasteiger charge is -2.19. The Labute approximate surface area is 230 Å². The average molecular weight is 499 g/mol. The van der Waals surface area contributed by atoms with Crippen molar-refractivity contribution in [3.8, 4) is 33.4 Å². The predicted molar refractivity (Wildman–Crippen MR) is 169 cm³/mol. The highest BCUT2D eigenvalue weighted by molar-refractivity contribution is 6.23. The molecule has 0 heterocycles. The third-order valence-corrected chi connectivity index (χ3v) is 8.07. The minimum Gasteiger partial charge on any atom is -0.0616 e. The van der Waals surface area contributed by atoms with E-state index in [0.717, 1.165) is 0 Å². The first-order valence-corrected chi connectivity index (χ1v) is 13.8. The molecule has 0 aliphatic heterocycles. The highest BCUT2D eigenvalue weighted by Gasteiger charge is 2.17. The van der Waals surface area contributed by atoms with Crippen molar-refractivity contribution in [2.75, 3.05) is 0 Å². The smallest absolute Gasteiger partial charge is 0.00201 e. The molecule has 0 saturated heterocycles. The lowest BCUT2D eigenvalue weighted by atomic mass is 9.84. The molecule has 0 N–H and O–H groups in total. The normalized spacial score (nSPS) is 11.6. The van der Waals surface area contributed by atoms with Crippen molar-refractivity contribution >= 4 is 32.3 Å². The summed E-state index contributed by atoms with van der Waals surface area (Å²) in [5.74, 6) is 0.542. The first kappa shape index (κ1) is 23.4. The van der Waals surface area contributed by atoms with Gasteiger partial charge in [-0.05, 0) is 77.2 Å². The molecule has 7 aromatic carbocycles. The zero-order chi connectivity index (χ0) is 26.3. The van der Waals surface area contributed by atoms with Crippen LogP contribution in [-0.2, 0) is 0 Å². The van der Waals surface area contributed by atoms with Crippen LogP contribution < -0.4 is 0 Å². The van der Waals surface area contributed by atoms with E-state index < -0.39 is 0 Å². The summed E-state index contributed by atoms with van der Waals surface area (Å²) in [7, 11) is 0. The molecular weight excluding hydrogens is 468 g/mol. The first-order valence-electron chi connectivity index (χ1n) is 13.8. The van der Waals surface area contributed by atoms with Gasteiger partial charge in [0.15, 0.2) is 0 Å². The zero-order valence-corrected chi connectivity index (χ0v) is 22.4. The molecule has 0 aliphatic carbocycles. The fraction of sp³-hybridized carbons (Fsp3) is 0.0769. The van der Waals surface area contributed by atoms with E-state index in [4.69, 9.17) is 0 Å². The largest absolute Gasteiger partial charge is 0.0616 e. The summed E-state index contributed by atoms with van der Waals surface area (Å²) in [4.78, 5) is 0. The van der Waals surface area contributed by atoms with Gasteiger partial charge in [0.05, 0.1) is 0 Å². The Morgan fingerprint density at radius 2 is 0.795 bits per heavy atom. The van der Waals surface area contributed by atoms with Crippen LogP contribution in [0.1, 0.15) is 25.3 Å². The van der Waals surface area contributed by atoms with Gasteiger partial charge in [-0.3, -0.25) is 0 Å². The molecule has 0 bridgehead atoms. The van der Waals surface area contributed by atoms with Crippen LogP contribution in [0.4, 0.5) is 0 Å². The van der Waals surface area contributed by atoms with Crippen molar-refractivity contribution in [3.63, 3.8) is 0 Å². The minimum absolute atomic E-state index is 0.542. The third kappa shape index (κ3) is 4.01. The number of rotatable bonds is 4. The molecule has 0 aromatic heterocycles. The summed E-state index contributed by atoms with van der Waals surface area (Å²) >= 11 is 0. The maximum Gasteiger partial charge on any atom is -0.00201 e. The predicted octanol–water partition coefficient (Wildman–Crippen LogP) is 11.3. The van der Waals surface area contributed by atoms with Crippen molar-refractivity contribution < 1.29 is 0 Å². The van der Waals surface area contributed by atoms with Gasteiger partial charge in [0.25, 0.3) is 0 Å². The van der Waals surface area contributed by atoms with Crippen LogP contribution in [0.2, 0.25) is 0 Å². The molecule has 0 atom stereocenters. The van der Waals surface area contributed by atoms with Crippen LogP contribution in [0.5, 0.6) is 0 Å². The van der Waals surface area contributed by atoms with Gasteiger partial charge in [-0.25, -0.2) is 0 Å². The molecule has 7 aromatic rings. The molecule has 0 amide bonds. The van der Waals surface area contributed by atoms with E-state index in [-0.39, 0.29) is 0 Å². The van der Waals surface area contributed by atoms with Gasteiger partial charge < -0.3 is 0 Å². The number of fused-ring (bicyclic) bond motifs is 3. The van der Waals surface area contributed by atoms with E-state index in [1.165, 1.54) is 71.3 Å². The van der Waals surface area contributed by atoms with Crippen molar-refractivity contribution in [2.24, 2.45) is 0 Å². The molecule has 0 fully saturated rings. The summed E-state index contributed by atoms with van der Waals surface area (Å²) in [6.45, 7) is 4.48. The molecule has 0 spiro atoms. The minimum atomic E-state index is 0.542. The summed E-state index contributed by atoms with van der Waals surface area (Å²) in [6.07, 6.45) is 0. The van der Waals surface area contributed by atoms with Gasteiger partial charge in [0, 0.05) is 0 Å². The molecule has 39 heavy (non-hydrogen) atoms. The van der Waals surface area contributed by atoms with E-state index in [0.29, 0.717) is 5.92 Å². The third-order valence-electron chi connectivity index (χ3n) is 8.07. The van der Waals surface area contributed by atoms with E-state index in [9.17, 15) is 0 Å². The number of benzene rings is 7. The fourth-order valence-corrected chi connectivity index (χ4v) is 6.06. The van der Waals surface area contributed by atoms with Gasteiger partial charge in [-0.15, -0.1) is 0 Å². The van der Waals surface area contributed by atoms with Crippen molar-refractivity contribution in [1.29, 1.82) is 0 Å². The number of hydrogen-bond donors (Lipinski definition) is 0. The molecule has 0 heteroatoms. The summed E-state index contributed by atoms with van der Waals surface area (Å²) in [6, 6.07) is 51.3. The highest BCUT2D eigenvalue weighted by Crippen LogP contribution is 2.45. The Kier molecular flexibility index (Phi) is 5.75. The van der Waals surface area contributed by atoms with Gasteiger partial charge in [-0.1, -0.05) is 153 Å². The van der Waals surface area contributed by atoms with Crippen molar-refractivity contribution in [3.05, 3.63) is 145 Å². The van der Waals surface area contributed by atoms with Gasteiger partial charge >= 0.3 is 0 Å². The van der Waals surface area contributed by atoms with Gasteiger partial charge in [-0.2, -0.15) is 0 Å². The van der Waals surface area contributed by atoms with Crippen molar-refractivity contribution in [1.82, 2.24) is 0 Å². The molecule has 0 radical (unpaired) electrons. The summed E-state index contributed by atoms with van der Waals surface area (Å²) in [5.41, 5.74) is 9.01. The first-order chi connectivity index (χ1) is 19.2. The molecule has 0 unspecified atom stereocenters. The van der Waals surface area contributed by atoms with E-state index in [1.807, 2.05) is 0 Å². The van der Waals surface area contributed by atoms with E-state index in [2.05, 4.69) is 153 Å². The Balaban J connectivity index is 1.45.